The highest BCUT2D eigenvalue weighted by molar-refractivity contribution is 5.16. The van der Waals surface area contributed by atoms with E-state index in [1.807, 2.05) is 37.3 Å². The Hall–Kier alpha value is -0.940. The van der Waals surface area contributed by atoms with E-state index in [1.54, 1.807) is 0 Å². The van der Waals surface area contributed by atoms with Gasteiger partial charge in [-0.15, -0.1) is 0 Å². The fourth-order valence-corrected chi connectivity index (χ4v) is 1.79. The highest BCUT2D eigenvalue weighted by atomic mass is 16.5. The molecule has 4 nitrogen and oxygen atoms in total. The molecule has 0 radical (unpaired) electrons. The number of benzene rings is 1. The van der Waals surface area contributed by atoms with E-state index in [-0.39, 0.29) is 6.10 Å². The Morgan fingerprint density at radius 2 is 2.11 bits per heavy atom. The first-order chi connectivity index (χ1) is 8.75. The Balaban J connectivity index is 1.64. The van der Waals surface area contributed by atoms with Crippen molar-refractivity contribution in [1.82, 2.24) is 5.32 Å². The number of hydrogen-bond donors (Lipinski definition) is 2. The first kappa shape index (κ1) is 13.5. The van der Waals surface area contributed by atoms with Gasteiger partial charge in [0.05, 0.1) is 38.1 Å². The molecule has 1 heterocycles. The number of hydrogen-bond acceptors (Lipinski definition) is 4. The van der Waals surface area contributed by atoms with Gasteiger partial charge in [-0.05, 0) is 12.5 Å². The van der Waals surface area contributed by atoms with Crippen molar-refractivity contribution in [1.29, 1.82) is 0 Å². The minimum Gasteiger partial charge on any atom is -0.389 e. The molecule has 0 aliphatic carbocycles. The van der Waals surface area contributed by atoms with Gasteiger partial charge in [0, 0.05) is 6.54 Å². The molecule has 1 fully saturated rings. The van der Waals surface area contributed by atoms with Gasteiger partial charge in [0.1, 0.15) is 0 Å². The summed E-state index contributed by atoms with van der Waals surface area (Å²) in [6, 6.07) is 10.4. The fraction of sp³-hybridized carbons (Fsp3) is 0.571. The van der Waals surface area contributed by atoms with Gasteiger partial charge in [-0.3, -0.25) is 0 Å². The van der Waals surface area contributed by atoms with Gasteiger partial charge in [0.15, 0.2) is 0 Å². The number of aliphatic hydroxyl groups is 1. The highest BCUT2D eigenvalue weighted by Gasteiger charge is 2.18. The Bertz CT molecular complexity index is 340. The summed E-state index contributed by atoms with van der Waals surface area (Å²) in [4.78, 5) is 0. The lowest BCUT2D eigenvalue weighted by atomic mass is 10.1. The van der Waals surface area contributed by atoms with Crippen LogP contribution in [0.3, 0.4) is 0 Å². The lowest BCUT2D eigenvalue weighted by Crippen LogP contribution is -2.49. The summed E-state index contributed by atoms with van der Waals surface area (Å²) >= 11 is 0. The molecule has 2 rings (SSSR count). The largest absolute Gasteiger partial charge is 0.389 e. The predicted octanol–water partition coefficient (Wildman–Crippen LogP) is 1.11. The van der Waals surface area contributed by atoms with Crippen molar-refractivity contribution >= 4 is 0 Å². The molecule has 1 aromatic carbocycles. The van der Waals surface area contributed by atoms with Crippen LogP contribution in [-0.4, -0.2) is 43.6 Å². The molecule has 4 heteroatoms. The van der Waals surface area contributed by atoms with E-state index >= 15 is 0 Å². The van der Waals surface area contributed by atoms with Gasteiger partial charge < -0.3 is 19.9 Å². The summed E-state index contributed by atoms with van der Waals surface area (Å²) in [6.45, 7) is 4.38. The maximum atomic E-state index is 9.79. The maximum absolute atomic E-state index is 9.79. The van der Waals surface area contributed by atoms with E-state index in [1.165, 1.54) is 0 Å². The minimum absolute atomic E-state index is 0.00730. The number of ether oxygens (including phenoxy) is 2. The normalized spacial score (nSPS) is 19.2. The summed E-state index contributed by atoms with van der Waals surface area (Å²) in [7, 11) is 0. The molecule has 1 aliphatic heterocycles. The van der Waals surface area contributed by atoms with Crippen molar-refractivity contribution in [3.8, 4) is 0 Å². The molecule has 2 unspecified atom stereocenters. The standard InChI is InChI=1S/C14H21NO3/c1-11(12-5-3-2-4-6-12)18-10-14(16)7-15-13-8-17-9-13/h2-6,11,13-16H,7-10H2,1H3. The van der Waals surface area contributed by atoms with Crippen molar-refractivity contribution in [2.75, 3.05) is 26.4 Å². The third kappa shape index (κ3) is 4.07. The molecular formula is C14H21NO3. The van der Waals surface area contributed by atoms with Crippen LogP contribution in [-0.2, 0) is 9.47 Å². The topological polar surface area (TPSA) is 50.7 Å². The van der Waals surface area contributed by atoms with Crippen molar-refractivity contribution in [2.24, 2.45) is 0 Å². The second kappa shape index (κ2) is 6.85. The molecule has 18 heavy (non-hydrogen) atoms. The molecule has 0 spiro atoms. The third-order valence-electron chi connectivity index (χ3n) is 3.09. The minimum atomic E-state index is -0.475. The molecule has 100 valence electrons. The van der Waals surface area contributed by atoms with Crippen molar-refractivity contribution in [3.63, 3.8) is 0 Å². The number of rotatable bonds is 7. The molecule has 0 aromatic heterocycles. The van der Waals surface area contributed by atoms with Crippen LogP contribution in [0.4, 0.5) is 0 Å². The Labute approximate surface area is 108 Å². The van der Waals surface area contributed by atoms with Crippen LogP contribution in [0.1, 0.15) is 18.6 Å². The van der Waals surface area contributed by atoms with Crippen LogP contribution in [0.5, 0.6) is 0 Å². The Morgan fingerprint density at radius 1 is 1.39 bits per heavy atom. The molecule has 1 aromatic rings. The summed E-state index contributed by atoms with van der Waals surface area (Å²) in [5, 5.41) is 13.0. The Morgan fingerprint density at radius 3 is 2.72 bits per heavy atom. The van der Waals surface area contributed by atoms with Crippen molar-refractivity contribution in [3.05, 3.63) is 35.9 Å². The number of nitrogens with one attached hydrogen (secondary N) is 1. The van der Waals surface area contributed by atoms with E-state index in [4.69, 9.17) is 9.47 Å². The van der Waals surface area contributed by atoms with Crippen LogP contribution >= 0.6 is 0 Å². The van der Waals surface area contributed by atoms with Crippen LogP contribution in [0.25, 0.3) is 0 Å². The first-order valence-corrected chi connectivity index (χ1v) is 6.41. The van der Waals surface area contributed by atoms with E-state index in [9.17, 15) is 5.11 Å². The molecule has 0 amide bonds. The van der Waals surface area contributed by atoms with Gasteiger partial charge in [-0.2, -0.15) is 0 Å². The second-order valence-electron chi connectivity index (χ2n) is 4.68. The van der Waals surface area contributed by atoms with Crippen LogP contribution in [0.2, 0.25) is 0 Å². The maximum Gasteiger partial charge on any atom is 0.0898 e. The average molecular weight is 251 g/mol. The summed E-state index contributed by atoms with van der Waals surface area (Å²) < 4.78 is 10.7. The molecule has 1 saturated heterocycles. The zero-order valence-corrected chi connectivity index (χ0v) is 10.7. The van der Waals surface area contributed by atoms with Crippen LogP contribution < -0.4 is 5.32 Å². The quantitative estimate of drug-likeness (QED) is 0.762. The summed E-state index contributed by atoms with van der Waals surface area (Å²) in [6.07, 6.45) is -0.468. The highest BCUT2D eigenvalue weighted by Crippen LogP contribution is 2.15. The monoisotopic (exact) mass is 251 g/mol. The van der Waals surface area contributed by atoms with Gasteiger partial charge >= 0.3 is 0 Å². The summed E-state index contributed by atoms with van der Waals surface area (Å²) in [5.74, 6) is 0. The van der Waals surface area contributed by atoms with Crippen LogP contribution in [0.15, 0.2) is 30.3 Å². The van der Waals surface area contributed by atoms with Gasteiger partial charge in [-0.25, -0.2) is 0 Å². The molecule has 0 saturated carbocycles. The summed E-state index contributed by atoms with van der Waals surface area (Å²) in [5.41, 5.74) is 1.13. The second-order valence-corrected chi connectivity index (χ2v) is 4.68. The van der Waals surface area contributed by atoms with E-state index in [2.05, 4.69) is 5.32 Å². The first-order valence-electron chi connectivity index (χ1n) is 6.41. The zero-order valence-electron chi connectivity index (χ0n) is 10.7. The smallest absolute Gasteiger partial charge is 0.0898 e. The van der Waals surface area contributed by atoms with Crippen LogP contribution in [0, 0.1) is 0 Å². The molecule has 2 N–H and O–H groups in total. The van der Waals surface area contributed by atoms with Gasteiger partial charge in [0.25, 0.3) is 0 Å². The number of aliphatic hydroxyl groups excluding tert-OH is 1. The van der Waals surface area contributed by atoms with Crippen molar-refractivity contribution in [2.45, 2.75) is 25.2 Å². The molecule has 2 atom stereocenters. The third-order valence-corrected chi connectivity index (χ3v) is 3.09. The average Bonchev–Trinajstić information content (AvgIpc) is 2.35. The Kier molecular flexibility index (Phi) is 5.13. The molecule has 1 aliphatic rings. The SMILES string of the molecule is CC(OCC(O)CNC1COC1)c1ccccc1. The molecule has 0 bridgehead atoms. The fourth-order valence-electron chi connectivity index (χ4n) is 1.79. The van der Waals surface area contributed by atoms with Gasteiger partial charge in [-0.1, -0.05) is 30.3 Å². The lowest BCUT2D eigenvalue weighted by molar-refractivity contribution is -0.0262. The lowest BCUT2D eigenvalue weighted by Gasteiger charge is -2.28. The van der Waals surface area contributed by atoms with E-state index < -0.39 is 6.10 Å². The molecular weight excluding hydrogens is 230 g/mol. The van der Waals surface area contributed by atoms with Gasteiger partial charge in [0.2, 0.25) is 0 Å². The van der Waals surface area contributed by atoms with E-state index in [0.29, 0.717) is 19.2 Å². The predicted molar refractivity (Wildman–Crippen MR) is 69.4 cm³/mol. The van der Waals surface area contributed by atoms with Crippen molar-refractivity contribution < 1.29 is 14.6 Å². The zero-order chi connectivity index (χ0) is 12.8. The van der Waals surface area contributed by atoms with E-state index in [0.717, 1.165) is 18.8 Å².